The molecule has 4 heteroatoms. The number of rotatable bonds is 4. The van der Waals surface area contributed by atoms with Gasteiger partial charge in [0.15, 0.2) is 0 Å². The Morgan fingerprint density at radius 1 is 1.21 bits per heavy atom. The van der Waals surface area contributed by atoms with Crippen molar-refractivity contribution in [3.8, 4) is 5.75 Å². The molecule has 0 aromatic heterocycles. The van der Waals surface area contributed by atoms with Crippen molar-refractivity contribution in [2.45, 2.75) is 6.54 Å². The van der Waals surface area contributed by atoms with Crippen LogP contribution in [0.3, 0.4) is 0 Å². The number of amides is 1. The van der Waals surface area contributed by atoms with Gasteiger partial charge < -0.3 is 10.1 Å². The molecule has 0 spiro atoms. The average Bonchev–Trinajstić information content (AvgIpc) is 2.45. The zero-order valence-electron chi connectivity index (χ0n) is 10.5. The molecule has 0 saturated heterocycles. The van der Waals surface area contributed by atoms with Gasteiger partial charge in [0.05, 0.1) is 12.7 Å². The van der Waals surface area contributed by atoms with Crippen LogP contribution in [0.15, 0.2) is 48.5 Å². The predicted octanol–water partition coefficient (Wildman–Crippen LogP) is 2.76. The van der Waals surface area contributed by atoms with Crippen LogP contribution in [0.2, 0.25) is 0 Å². The molecule has 2 aromatic carbocycles. The topological polar surface area (TPSA) is 38.3 Å². The van der Waals surface area contributed by atoms with E-state index in [4.69, 9.17) is 4.74 Å². The van der Waals surface area contributed by atoms with Crippen molar-refractivity contribution < 1.29 is 13.9 Å². The van der Waals surface area contributed by atoms with Gasteiger partial charge in [0.1, 0.15) is 11.6 Å². The number of hydrogen-bond donors (Lipinski definition) is 1. The molecule has 98 valence electrons. The van der Waals surface area contributed by atoms with Gasteiger partial charge in [0.25, 0.3) is 5.91 Å². The third-order valence-electron chi connectivity index (χ3n) is 2.69. The van der Waals surface area contributed by atoms with Gasteiger partial charge in [-0.05, 0) is 29.8 Å². The number of nitrogens with one attached hydrogen (secondary N) is 1. The van der Waals surface area contributed by atoms with Crippen LogP contribution in [0.25, 0.3) is 0 Å². The Morgan fingerprint density at radius 2 is 2.00 bits per heavy atom. The first kappa shape index (κ1) is 13.1. The molecule has 0 saturated carbocycles. The molecule has 0 aliphatic rings. The number of carbonyl (C=O) groups excluding carboxylic acids is 1. The van der Waals surface area contributed by atoms with E-state index >= 15 is 0 Å². The lowest BCUT2D eigenvalue weighted by atomic mass is 10.1. The number of ether oxygens (including phenoxy) is 1. The van der Waals surface area contributed by atoms with Crippen LogP contribution < -0.4 is 10.1 Å². The molecule has 2 aromatic rings. The molecule has 0 radical (unpaired) electrons. The van der Waals surface area contributed by atoms with E-state index in [9.17, 15) is 9.18 Å². The summed E-state index contributed by atoms with van der Waals surface area (Å²) >= 11 is 0. The first-order valence-corrected chi connectivity index (χ1v) is 5.86. The van der Waals surface area contributed by atoms with Crippen LogP contribution in [0.5, 0.6) is 5.75 Å². The fourth-order valence-corrected chi connectivity index (χ4v) is 1.76. The van der Waals surface area contributed by atoms with Gasteiger partial charge in [-0.2, -0.15) is 0 Å². The zero-order chi connectivity index (χ0) is 13.7. The Bertz CT molecular complexity index is 584. The maximum atomic E-state index is 13.0. The van der Waals surface area contributed by atoms with E-state index in [2.05, 4.69) is 5.32 Å². The maximum absolute atomic E-state index is 13.0. The van der Waals surface area contributed by atoms with Crippen molar-refractivity contribution in [2.24, 2.45) is 0 Å². The average molecular weight is 259 g/mol. The Kier molecular flexibility index (Phi) is 4.13. The highest BCUT2D eigenvalue weighted by Crippen LogP contribution is 2.17. The van der Waals surface area contributed by atoms with Crippen molar-refractivity contribution in [3.63, 3.8) is 0 Å². The summed E-state index contributed by atoms with van der Waals surface area (Å²) in [5.74, 6) is -0.0509. The molecule has 19 heavy (non-hydrogen) atoms. The summed E-state index contributed by atoms with van der Waals surface area (Å²) in [6.07, 6.45) is 0. The number of halogens is 1. The Labute approximate surface area is 111 Å². The van der Waals surface area contributed by atoms with E-state index in [0.29, 0.717) is 16.9 Å². The van der Waals surface area contributed by atoms with E-state index in [1.807, 2.05) is 0 Å². The summed E-state index contributed by atoms with van der Waals surface area (Å²) < 4.78 is 18.1. The zero-order valence-corrected chi connectivity index (χ0v) is 10.5. The second-order valence-electron chi connectivity index (χ2n) is 4.01. The predicted molar refractivity (Wildman–Crippen MR) is 70.6 cm³/mol. The Balaban J connectivity index is 2.05. The molecule has 0 aliphatic heterocycles. The van der Waals surface area contributed by atoms with Crippen LogP contribution in [-0.2, 0) is 6.54 Å². The smallest absolute Gasteiger partial charge is 0.255 e. The second kappa shape index (κ2) is 6.00. The second-order valence-corrected chi connectivity index (χ2v) is 4.01. The molecular weight excluding hydrogens is 245 g/mol. The number of carbonyl (C=O) groups is 1. The fraction of sp³-hybridized carbons (Fsp3) is 0.133. The molecule has 0 unspecified atom stereocenters. The molecule has 0 bridgehead atoms. The fourth-order valence-electron chi connectivity index (χ4n) is 1.76. The van der Waals surface area contributed by atoms with E-state index in [-0.39, 0.29) is 18.3 Å². The highest BCUT2D eigenvalue weighted by atomic mass is 19.1. The monoisotopic (exact) mass is 259 g/mol. The van der Waals surface area contributed by atoms with E-state index < -0.39 is 0 Å². The molecule has 3 nitrogen and oxygen atoms in total. The van der Waals surface area contributed by atoms with Crippen molar-refractivity contribution in [2.75, 3.05) is 7.11 Å². The third-order valence-corrected chi connectivity index (χ3v) is 2.69. The molecule has 1 amide bonds. The molecule has 1 N–H and O–H groups in total. The minimum absolute atomic E-state index is 0.248. The number of para-hydroxylation sites is 1. The summed E-state index contributed by atoms with van der Waals surface area (Å²) in [5, 5.41) is 2.73. The molecule has 0 aliphatic carbocycles. The SMILES string of the molecule is COc1ccccc1C(=O)NCc1cccc(F)c1. The highest BCUT2D eigenvalue weighted by Gasteiger charge is 2.10. The highest BCUT2D eigenvalue weighted by molar-refractivity contribution is 5.96. The van der Waals surface area contributed by atoms with Crippen molar-refractivity contribution in [1.82, 2.24) is 5.32 Å². The minimum atomic E-state index is -0.316. The molecule has 0 heterocycles. The van der Waals surface area contributed by atoms with E-state index in [1.165, 1.54) is 19.2 Å². The first-order valence-electron chi connectivity index (χ1n) is 5.86. The normalized spacial score (nSPS) is 10.0. The van der Waals surface area contributed by atoms with Crippen molar-refractivity contribution in [1.29, 1.82) is 0 Å². The van der Waals surface area contributed by atoms with Crippen LogP contribution >= 0.6 is 0 Å². The van der Waals surface area contributed by atoms with Gasteiger partial charge in [-0.3, -0.25) is 4.79 Å². The first-order chi connectivity index (χ1) is 9.20. The lowest BCUT2D eigenvalue weighted by molar-refractivity contribution is 0.0948. The molecular formula is C15H14FNO2. The van der Waals surface area contributed by atoms with E-state index in [1.54, 1.807) is 36.4 Å². The third kappa shape index (κ3) is 3.31. The number of methoxy groups -OCH3 is 1. The van der Waals surface area contributed by atoms with Gasteiger partial charge in [-0.25, -0.2) is 4.39 Å². The van der Waals surface area contributed by atoms with Crippen LogP contribution in [0.1, 0.15) is 15.9 Å². The standard InChI is InChI=1S/C15H14FNO2/c1-19-14-8-3-2-7-13(14)15(18)17-10-11-5-4-6-12(16)9-11/h2-9H,10H2,1H3,(H,17,18). The lowest BCUT2D eigenvalue weighted by Crippen LogP contribution is -2.23. The van der Waals surface area contributed by atoms with Crippen molar-refractivity contribution in [3.05, 3.63) is 65.5 Å². The van der Waals surface area contributed by atoms with E-state index in [0.717, 1.165) is 0 Å². The summed E-state index contributed by atoms with van der Waals surface area (Å²) in [6.45, 7) is 0.272. The Hall–Kier alpha value is -2.36. The van der Waals surface area contributed by atoms with Gasteiger partial charge in [0.2, 0.25) is 0 Å². The van der Waals surface area contributed by atoms with Gasteiger partial charge in [-0.1, -0.05) is 24.3 Å². The lowest BCUT2D eigenvalue weighted by Gasteiger charge is -2.09. The summed E-state index contributed by atoms with van der Waals surface area (Å²) in [5.41, 5.74) is 1.17. The molecule has 0 atom stereocenters. The van der Waals surface area contributed by atoms with Crippen LogP contribution in [0, 0.1) is 5.82 Å². The maximum Gasteiger partial charge on any atom is 0.255 e. The summed E-state index contributed by atoms with van der Waals surface area (Å²) in [6, 6.07) is 13.1. The number of benzene rings is 2. The number of hydrogen-bond acceptors (Lipinski definition) is 2. The van der Waals surface area contributed by atoms with Gasteiger partial charge in [0, 0.05) is 6.54 Å². The van der Waals surface area contributed by atoms with Gasteiger partial charge in [-0.15, -0.1) is 0 Å². The minimum Gasteiger partial charge on any atom is -0.496 e. The molecule has 2 rings (SSSR count). The van der Waals surface area contributed by atoms with Crippen LogP contribution in [-0.4, -0.2) is 13.0 Å². The Morgan fingerprint density at radius 3 is 2.74 bits per heavy atom. The quantitative estimate of drug-likeness (QED) is 0.916. The van der Waals surface area contributed by atoms with Gasteiger partial charge >= 0.3 is 0 Å². The van der Waals surface area contributed by atoms with Crippen LogP contribution in [0.4, 0.5) is 4.39 Å². The molecule has 0 fully saturated rings. The largest absolute Gasteiger partial charge is 0.496 e. The van der Waals surface area contributed by atoms with Crippen molar-refractivity contribution >= 4 is 5.91 Å². The summed E-state index contributed by atoms with van der Waals surface area (Å²) in [7, 11) is 1.51. The summed E-state index contributed by atoms with van der Waals surface area (Å²) in [4.78, 5) is 12.0.